The Bertz CT molecular complexity index is 353. The first kappa shape index (κ1) is 12.7. The van der Waals surface area contributed by atoms with E-state index >= 15 is 0 Å². The number of likely N-dealkylation sites (N-methyl/N-ethyl adjacent to an activating group) is 1. The van der Waals surface area contributed by atoms with E-state index in [0.717, 1.165) is 37.6 Å². The molecule has 0 N–H and O–H groups in total. The molecule has 1 aliphatic heterocycles. The molecule has 1 atom stereocenters. The lowest BCUT2D eigenvalue weighted by atomic mass is 10.2. The van der Waals surface area contributed by atoms with E-state index in [4.69, 9.17) is 16.3 Å². The molecule has 4 heteroatoms. The van der Waals surface area contributed by atoms with E-state index in [1.165, 1.54) is 6.42 Å². The fraction of sp³-hybridized carbons (Fsp3) is 0.615. The van der Waals surface area contributed by atoms with Crippen LogP contribution in [0.4, 0.5) is 5.82 Å². The number of hydrogen-bond acceptors (Lipinski definition) is 3. The minimum absolute atomic E-state index is 0.358. The van der Waals surface area contributed by atoms with Gasteiger partial charge in [-0.3, -0.25) is 0 Å². The largest absolute Gasteiger partial charge is 0.376 e. The van der Waals surface area contributed by atoms with Gasteiger partial charge in [0.15, 0.2) is 0 Å². The molecule has 1 aromatic rings. The highest BCUT2D eigenvalue weighted by Gasteiger charge is 2.19. The molecule has 1 unspecified atom stereocenters. The van der Waals surface area contributed by atoms with Crippen LogP contribution in [0.2, 0.25) is 0 Å². The first-order valence-electron chi connectivity index (χ1n) is 6.22. The van der Waals surface area contributed by atoms with Gasteiger partial charge in [-0.15, -0.1) is 11.6 Å². The number of nitrogens with zero attached hydrogens (tertiary/aromatic N) is 2. The van der Waals surface area contributed by atoms with Crippen LogP contribution < -0.4 is 4.90 Å². The normalized spacial score (nSPS) is 19.5. The Kier molecular flexibility index (Phi) is 4.63. The van der Waals surface area contributed by atoms with Gasteiger partial charge in [0.05, 0.1) is 17.7 Å². The fourth-order valence-electron chi connectivity index (χ4n) is 2.14. The van der Waals surface area contributed by atoms with Gasteiger partial charge in [-0.2, -0.15) is 0 Å². The molecule has 0 saturated carbocycles. The summed E-state index contributed by atoms with van der Waals surface area (Å²) in [5, 5.41) is 0. The number of ether oxygens (including phenoxy) is 1. The van der Waals surface area contributed by atoms with Crippen LogP contribution in [0.15, 0.2) is 18.2 Å². The molecular weight excluding hydrogens is 236 g/mol. The molecule has 1 aromatic heterocycles. The fourth-order valence-corrected chi connectivity index (χ4v) is 2.29. The maximum atomic E-state index is 5.81. The Labute approximate surface area is 108 Å². The van der Waals surface area contributed by atoms with Crippen molar-refractivity contribution in [2.45, 2.75) is 31.7 Å². The molecule has 2 rings (SSSR count). The number of alkyl halides is 1. The second-order valence-corrected chi connectivity index (χ2v) is 4.56. The predicted molar refractivity (Wildman–Crippen MR) is 70.7 cm³/mol. The number of halogens is 1. The van der Waals surface area contributed by atoms with Gasteiger partial charge in [0.25, 0.3) is 0 Å². The van der Waals surface area contributed by atoms with E-state index in [2.05, 4.69) is 16.8 Å². The van der Waals surface area contributed by atoms with Crippen LogP contribution in [0, 0.1) is 0 Å². The van der Waals surface area contributed by atoms with Crippen molar-refractivity contribution >= 4 is 17.4 Å². The monoisotopic (exact) mass is 254 g/mol. The molecule has 1 fully saturated rings. The van der Waals surface area contributed by atoms with Gasteiger partial charge >= 0.3 is 0 Å². The van der Waals surface area contributed by atoms with Gasteiger partial charge in [0.1, 0.15) is 5.82 Å². The molecule has 0 aliphatic carbocycles. The topological polar surface area (TPSA) is 25.4 Å². The first-order chi connectivity index (χ1) is 8.33. The molecule has 1 saturated heterocycles. The number of aromatic nitrogens is 1. The average molecular weight is 255 g/mol. The van der Waals surface area contributed by atoms with Crippen molar-refractivity contribution in [1.29, 1.82) is 0 Å². The van der Waals surface area contributed by atoms with Gasteiger partial charge in [-0.25, -0.2) is 4.98 Å². The van der Waals surface area contributed by atoms with Crippen LogP contribution in [0.3, 0.4) is 0 Å². The van der Waals surface area contributed by atoms with Crippen molar-refractivity contribution in [3.63, 3.8) is 0 Å². The lowest BCUT2D eigenvalue weighted by molar-refractivity contribution is 0.115. The van der Waals surface area contributed by atoms with Crippen LogP contribution in [-0.4, -0.2) is 30.8 Å². The highest BCUT2D eigenvalue weighted by atomic mass is 35.5. The minimum atomic E-state index is 0.358. The summed E-state index contributed by atoms with van der Waals surface area (Å²) in [5.74, 6) is 1.46. The van der Waals surface area contributed by atoms with Crippen molar-refractivity contribution in [3.8, 4) is 0 Å². The molecule has 0 amide bonds. The second kappa shape index (κ2) is 6.22. The summed E-state index contributed by atoms with van der Waals surface area (Å²) in [6.07, 6.45) is 2.69. The lowest BCUT2D eigenvalue weighted by Crippen LogP contribution is -2.32. The number of hydrogen-bond donors (Lipinski definition) is 0. The molecule has 2 heterocycles. The first-order valence-corrected chi connectivity index (χ1v) is 6.75. The molecule has 94 valence electrons. The van der Waals surface area contributed by atoms with E-state index in [9.17, 15) is 0 Å². The molecule has 0 spiro atoms. The van der Waals surface area contributed by atoms with E-state index in [0.29, 0.717) is 12.0 Å². The Morgan fingerprint density at radius 1 is 1.53 bits per heavy atom. The number of rotatable bonds is 5. The predicted octanol–water partition coefficient (Wildman–Crippen LogP) is 2.83. The maximum Gasteiger partial charge on any atom is 0.128 e. The molecule has 0 bridgehead atoms. The zero-order valence-electron chi connectivity index (χ0n) is 10.2. The average Bonchev–Trinajstić information content (AvgIpc) is 2.89. The third-order valence-electron chi connectivity index (χ3n) is 3.08. The van der Waals surface area contributed by atoms with E-state index in [1.807, 2.05) is 18.2 Å². The van der Waals surface area contributed by atoms with Gasteiger partial charge < -0.3 is 9.64 Å². The van der Waals surface area contributed by atoms with Crippen molar-refractivity contribution in [1.82, 2.24) is 4.98 Å². The Balaban J connectivity index is 2.04. The summed E-state index contributed by atoms with van der Waals surface area (Å²) >= 11 is 5.81. The third kappa shape index (κ3) is 3.33. The van der Waals surface area contributed by atoms with Crippen LogP contribution in [0.5, 0.6) is 0 Å². The zero-order valence-corrected chi connectivity index (χ0v) is 11.0. The smallest absolute Gasteiger partial charge is 0.128 e. The van der Waals surface area contributed by atoms with E-state index in [1.54, 1.807) is 0 Å². The van der Waals surface area contributed by atoms with Gasteiger partial charge in [-0.1, -0.05) is 6.07 Å². The highest BCUT2D eigenvalue weighted by molar-refractivity contribution is 6.16. The SMILES string of the molecule is CCN(CC1CCCO1)c1cccc(CCl)n1. The summed E-state index contributed by atoms with van der Waals surface area (Å²) in [7, 11) is 0. The quantitative estimate of drug-likeness (QED) is 0.756. The number of anilines is 1. The summed E-state index contributed by atoms with van der Waals surface area (Å²) in [5.41, 5.74) is 0.926. The van der Waals surface area contributed by atoms with Crippen LogP contribution in [0.25, 0.3) is 0 Å². The van der Waals surface area contributed by atoms with Crippen molar-refractivity contribution in [2.24, 2.45) is 0 Å². The lowest BCUT2D eigenvalue weighted by Gasteiger charge is -2.25. The Hall–Kier alpha value is -0.800. The Morgan fingerprint density at radius 2 is 2.41 bits per heavy atom. The molecular formula is C13H19ClN2O. The van der Waals surface area contributed by atoms with Crippen LogP contribution in [0.1, 0.15) is 25.5 Å². The minimum Gasteiger partial charge on any atom is -0.376 e. The summed E-state index contributed by atoms with van der Waals surface area (Å²) in [4.78, 5) is 6.80. The van der Waals surface area contributed by atoms with E-state index < -0.39 is 0 Å². The summed E-state index contributed by atoms with van der Waals surface area (Å²) in [6.45, 7) is 4.91. The van der Waals surface area contributed by atoms with Gasteiger partial charge in [-0.05, 0) is 31.9 Å². The Morgan fingerprint density at radius 3 is 3.06 bits per heavy atom. The van der Waals surface area contributed by atoms with E-state index in [-0.39, 0.29) is 0 Å². The van der Waals surface area contributed by atoms with Crippen molar-refractivity contribution in [3.05, 3.63) is 23.9 Å². The maximum absolute atomic E-state index is 5.81. The van der Waals surface area contributed by atoms with Gasteiger partial charge in [0.2, 0.25) is 0 Å². The van der Waals surface area contributed by atoms with Crippen molar-refractivity contribution in [2.75, 3.05) is 24.6 Å². The van der Waals surface area contributed by atoms with Crippen LogP contribution >= 0.6 is 11.6 Å². The molecule has 0 radical (unpaired) electrons. The summed E-state index contributed by atoms with van der Waals surface area (Å²) in [6, 6.07) is 6.00. The van der Waals surface area contributed by atoms with Crippen molar-refractivity contribution < 1.29 is 4.74 Å². The zero-order chi connectivity index (χ0) is 12.1. The standard InChI is InChI=1S/C13H19ClN2O/c1-2-16(10-12-6-4-8-17-12)13-7-3-5-11(9-14)15-13/h3,5,7,12H,2,4,6,8-10H2,1H3. The second-order valence-electron chi connectivity index (χ2n) is 4.29. The van der Waals surface area contributed by atoms with Gasteiger partial charge in [0, 0.05) is 19.7 Å². The molecule has 0 aromatic carbocycles. The third-order valence-corrected chi connectivity index (χ3v) is 3.36. The molecule has 17 heavy (non-hydrogen) atoms. The van der Waals surface area contributed by atoms with Crippen LogP contribution in [-0.2, 0) is 10.6 Å². The molecule has 3 nitrogen and oxygen atoms in total. The molecule has 1 aliphatic rings. The number of pyridine rings is 1. The highest BCUT2D eigenvalue weighted by Crippen LogP contribution is 2.18. The summed E-state index contributed by atoms with van der Waals surface area (Å²) < 4.78 is 5.67.